The Bertz CT molecular complexity index is 983. The van der Waals surface area contributed by atoms with Crippen LogP contribution >= 0.6 is 0 Å². The standard InChI is InChI=1S/C20H12O4/c21-12-9-10-18-16(11-12)20(15-7-3-4-8-17(15)23-18)14-6-2-1-5-13(14)19(22)24-20/h1-8,10-11H,9H2. The van der Waals surface area contributed by atoms with Crippen molar-refractivity contribution in [2.75, 3.05) is 0 Å². The van der Waals surface area contributed by atoms with Crippen LogP contribution in [0.3, 0.4) is 0 Å². The number of hydrogen-bond donors (Lipinski definition) is 0. The maximum absolute atomic E-state index is 12.5. The highest BCUT2D eigenvalue weighted by molar-refractivity contribution is 5.99. The summed E-state index contributed by atoms with van der Waals surface area (Å²) in [6.07, 6.45) is 3.58. The lowest BCUT2D eigenvalue weighted by atomic mass is 9.75. The largest absolute Gasteiger partial charge is 0.457 e. The number of para-hydroxylation sites is 1. The Hall–Kier alpha value is -3.14. The Kier molecular flexibility index (Phi) is 2.47. The maximum atomic E-state index is 12.5. The van der Waals surface area contributed by atoms with E-state index in [1.54, 1.807) is 18.2 Å². The third-order valence-electron chi connectivity index (χ3n) is 4.70. The summed E-state index contributed by atoms with van der Waals surface area (Å²) in [5, 5.41) is 0. The molecule has 0 N–H and O–H groups in total. The minimum Gasteiger partial charge on any atom is -0.457 e. The smallest absolute Gasteiger partial charge is 0.340 e. The van der Waals surface area contributed by atoms with Crippen LogP contribution in [0.1, 0.15) is 27.9 Å². The third-order valence-corrected chi connectivity index (χ3v) is 4.70. The van der Waals surface area contributed by atoms with Crippen LogP contribution < -0.4 is 4.74 Å². The van der Waals surface area contributed by atoms with Gasteiger partial charge in [0.15, 0.2) is 11.4 Å². The van der Waals surface area contributed by atoms with Crippen molar-refractivity contribution >= 4 is 11.8 Å². The number of benzene rings is 2. The Labute approximate surface area is 138 Å². The number of allylic oxidation sites excluding steroid dienone is 2. The van der Waals surface area contributed by atoms with Gasteiger partial charge in [0.05, 0.1) is 11.1 Å². The van der Waals surface area contributed by atoms with Gasteiger partial charge in [0, 0.05) is 17.5 Å². The van der Waals surface area contributed by atoms with Crippen LogP contribution in [0.5, 0.6) is 5.75 Å². The van der Waals surface area contributed by atoms with Gasteiger partial charge in [-0.05, 0) is 24.3 Å². The van der Waals surface area contributed by atoms with Crippen molar-refractivity contribution in [2.24, 2.45) is 0 Å². The molecule has 0 bridgehead atoms. The summed E-state index contributed by atoms with van der Waals surface area (Å²) < 4.78 is 11.9. The molecule has 0 aromatic heterocycles. The van der Waals surface area contributed by atoms with E-state index in [9.17, 15) is 9.59 Å². The molecule has 0 radical (unpaired) electrons. The first-order chi connectivity index (χ1) is 11.7. The average Bonchev–Trinajstić information content (AvgIpc) is 2.90. The number of hydrogen-bond acceptors (Lipinski definition) is 4. The van der Waals surface area contributed by atoms with E-state index in [-0.39, 0.29) is 18.2 Å². The van der Waals surface area contributed by atoms with Crippen LogP contribution in [0.2, 0.25) is 0 Å². The molecular weight excluding hydrogens is 304 g/mol. The number of esters is 1. The first-order valence-corrected chi connectivity index (χ1v) is 7.76. The highest BCUT2D eigenvalue weighted by Gasteiger charge is 2.55. The lowest BCUT2D eigenvalue weighted by Gasteiger charge is -2.39. The molecule has 5 rings (SSSR count). The van der Waals surface area contributed by atoms with Crippen molar-refractivity contribution < 1.29 is 19.1 Å². The molecule has 24 heavy (non-hydrogen) atoms. The lowest BCUT2D eigenvalue weighted by molar-refractivity contribution is -0.114. The number of rotatable bonds is 0. The summed E-state index contributed by atoms with van der Waals surface area (Å²) in [6, 6.07) is 14.8. The first kappa shape index (κ1) is 13.3. The Morgan fingerprint density at radius 3 is 2.54 bits per heavy atom. The van der Waals surface area contributed by atoms with Crippen molar-refractivity contribution in [2.45, 2.75) is 12.0 Å². The van der Waals surface area contributed by atoms with Crippen molar-refractivity contribution in [1.29, 1.82) is 0 Å². The molecule has 1 atom stereocenters. The molecule has 2 aromatic rings. The van der Waals surface area contributed by atoms with Crippen LogP contribution in [0.4, 0.5) is 0 Å². The minimum absolute atomic E-state index is 0.0310. The molecule has 4 heteroatoms. The second-order valence-corrected chi connectivity index (χ2v) is 6.01. The summed E-state index contributed by atoms with van der Waals surface area (Å²) in [4.78, 5) is 24.6. The van der Waals surface area contributed by atoms with E-state index in [1.807, 2.05) is 42.5 Å². The number of ether oxygens (including phenoxy) is 2. The van der Waals surface area contributed by atoms with E-state index >= 15 is 0 Å². The van der Waals surface area contributed by atoms with Crippen LogP contribution in [-0.4, -0.2) is 11.8 Å². The van der Waals surface area contributed by atoms with E-state index in [1.165, 1.54) is 0 Å². The van der Waals surface area contributed by atoms with E-state index in [4.69, 9.17) is 9.47 Å². The summed E-state index contributed by atoms with van der Waals surface area (Å²) in [5.41, 5.74) is 1.48. The highest BCUT2D eigenvalue weighted by Crippen LogP contribution is 2.55. The third kappa shape index (κ3) is 1.52. The molecule has 116 valence electrons. The molecular formula is C20H12O4. The highest BCUT2D eigenvalue weighted by atomic mass is 16.6. The van der Waals surface area contributed by atoms with Crippen molar-refractivity contribution in [3.63, 3.8) is 0 Å². The fourth-order valence-corrected chi connectivity index (χ4v) is 3.69. The van der Waals surface area contributed by atoms with Gasteiger partial charge in [0.25, 0.3) is 0 Å². The predicted octanol–water partition coefficient (Wildman–Crippen LogP) is 3.28. The normalized spacial score (nSPS) is 23.5. The Morgan fingerprint density at radius 1 is 0.917 bits per heavy atom. The molecule has 1 spiro atoms. The summed E-state index contributed by atoms with van der Waals surface area (Å²) in [7, 11) is 0. The van der Waals surface area contributed by atoms with E-state index in [0.717, 1.165) is 11.1 Å². The second kappa shape index (κ2) is 4.45. The molecule has 2 heterocycles. The molecule has 1 unspecified atom stereocenters. The van der Waals surface area contributed by atoms with Crippen molar-refractivity contribution in [1.82, 2.24) is 0 Å². The maximum Gasteiger partial charge on any atom is 0.340 e. The fourth-order valence-electron chi connectivity index (χ4n) is 3.69. The zero-order chi connectivity index (χ0) is 16.3. The Balaban J connectivity index is 1.91. The summed E-state index contributed by atoms with van der Waals surface area (Å²) in [5.74, 6) is 0.801. The molecule has 0 amide bonds. The van der Waals surface area contributed by atoms with Crippen molar-refractivity contribution in [3.05, 3.63) is 88.7 Å². The van der Waals surface area contributed by atoms with E-state index < -0.39 is 5.60 Å². The Morgan fingerprint density at radius 2 is 1.67 bits per heavy atom. The second-order valence-electron chi connectivity index (χ2n) is 6.01. The number of ketones is 1. The van der Waals surface area contributed by atoms with Gasteiger partial charge in [0.1, 0.15) is 11.5 Å². The van der Waals surface area contributed by atoms with Crippen LogP contribution in [0.15, 0.2) is 72.0 Å². The quantitative estimate of drug-likeness (QED) is 0.700. The average molecular weight is 316 g/mol. The molecule has 1 aliphatic carbocycles. The molecule has 4 nitrogen and oxygen atoms in total. The molecule has 3 aliphatic rings. The first-order valence-electron chi connectivity index (χ1n) is 7.76. The zero-order valence-corrected chi connectivity index (χ0v) is 12.6. The van der Waals surface area contributed by atoms with Gasteiger partial charge in [0.2, 0.25) is 0 Å². The van der Waals surface area contributed by atoms with Gasteiger partial charge in [-0.25, -0.2) is 4.79 Å². The van der Waals surface area contributed by atoms with Crippen LogP contribution in [-0.2, 0) is 15.1 Å². The molecule has 2 aliphatic heterocycles. The van der Waals surface area contributed by atoms with Crippen LogP contribution in [0, 0.1) is 0 Å². The fraction of sp³-hybridized carbons (Fsp3) is 0.100. The number of fused-ring (bicyclic) bond motifs is 6. The lowest BCUT2D eigenvalue weighted by Crippen LogP contribution is -2.37. The van der Waals surface area contributed by atoms with Gasteiger partial charge in [-0.15, -0.1) is 0 Å². The predicted molar refractivity (Wildman–Crippen MR) is 85.5 cm³/mol. The number of carbonyl (C=O) groups excluding carboxylic acids is 2. The van der Waals surface area contributed by atoms with E-state index in [0.29, 0.717) is 22.6 Å². The van der Waals surface area contributed by atoms with Gasteiger partial charge >= 0.3 is 5.97 Å². The molecule has 2 aromatic carbocycles. The van der Waals surface area contributed by atoms with Crippen LogP contribution in [0.25, 0.3) is 0 Å². The van der Waals surface area contributed by atoms with Gasteiger partial charge in [-0.3, -0.25) is 4.79 Å². The monoisotopic (exact) mass is 316 g/mol. The SMILES string of the molecule is O=C1C=C2C(=CC1)Oc1ccccc1C21OC(=O)c2ccccc21. The summed E-state index contributed by atoms with van der Waals surface area (Å²) in [6.45, 7) is 0. The summed E-state index contributed by atoms with van der Waals surface area (Å²) >= 11 is 0. The van der Waals surface area contributed by atoms with Crippen molar-refractivity contribution in [3.8, 4) is 5.75 Å². The van der Waals surface area contributed by atoms with Gasteiger partial charge < -0.3 is 9.47 Å². The zero-order valence-electron chi connectivity index (χ0n) is 12.6. The molecule has 0 saturated carbocycles. The molecule has 0 fully saturated rings. The van der Waals surface area contributed by atoms with E-state index in [2.05, 4.69) is 0 Å². The topological polar surface area (TPSA) is 52.6 Å². The van der Waals surface area contributed by atoms with Gasteiger partial charge in [-0.1, -0.05) is 36.4 Å². The molecule has 0 saturated heterocycles. The van der Waals surface area contributed by atoms with Gasteiger partial charge in [-0.2, -0.15) is 0 Å². The number of carbonyl (C=O) groups is 2. The minimum atomic E-state index is -1.12.